The molecule has 2 atom stereocenters. The van der Waals surface area contributed by atoms with E-state index in [1.165, 1.54) is 12.8 Å². The number of nitrogens with two attached hydrogens (primary N) is 1. The topological polar surface area (TPSA) is 73.4 Å². The predicted molar refractivity (Wildman–Crippen MR) is 121 cm³/mol. The fourth-order valence-corrected chi connectivity index (χ4v) is 4.87. The number of nitrogens with zero attached hydrogens (tertiary/aromatic N) is 3. The lowest BCUT2D eigenvalue weighted by atomic mass is 9.96. The van der Waals surface area contributed by atoms with Gasteiger partial charge in [-0.2, -0.15) is 0 Å². The Kier molecular flexibility index (Phi) is 6.81. The van der Waals surface area contributed by atoms with Crippen molar-refractivity contribution in [2.45, 2.75) is 65.1 Å². The lowest BCUT2D eigenvalue weighted by Crippen LogP contribution is -2.36. The number of aromatic nitrogens is 2. The number of carbonyl (C=O) groups is 1. The minimum absolute atomic E-state index is 0.192. The molecule has 29 heavy (non-hydrogen) atoms. The summed E-state index contributed by atoms with van der Waals surface area (Å²) >= 11 is 0. The number of primary amides is 1. The number of amides is 1. The van der Waals surface area contributed by atoms with Gasteiger partial charge >= 0.3 is 0 Å². The average Bonchev–Trinajstić information content (AvgIpc) is 3.06. The molecule has 1 saturated heterocycles. The molecular formula is C22H36N4O2Si. The first-order valence-electron chi connectivity index (χ1n) is 10.8. The van der Waals surface area contributed by atoms with Gasteiger partial charge in [0.2, 0.25) is 0 Å². The third-order valence-corrected chi connectivity index (χ3v) is 7.62. The normalized spacial score (nSPS) is 19.6. The number of ether oxygens (including phenoxy) is 1. The highest BCUT2D eigenvalue weighted by Crippen LogP contribution is 2.32. The first kappa shape index (κ1) is 22.0. The largest absolute Gasteiger partial charge is 0.364 e. The summed E-state index contributed by atoms with van der Waals surface area (Å²) in [5, 5.41) is 0. The maximum atomic E-state index is 11.9. The van der Waals surface area contributed by atoms with Crippen molar-refractivity contribution in [3.63, 3.8) is 0 Å². The second-order valence-corrected chi connectivity index (χ2v) is 15.4. The molecule has 1 amide bonds. The lowest BCUT2D eigenvalue weighted by molar-refractivity contribution is 0.0897. The first-order valence-corrected chi connectivity index (χ1v) is 14.5. The number of hydrogen-bond acceptors (Lipinski definition) is 4. The van der Waals surface area contributed by atoms with Gasteiger partial charge in [0.1, 0.15) is 12.4 Å². The van der Waals surface area contributed by atoms with Crippen LogP contribution >= 0.6 is 0 Å². The van der Waals surface area contributed by atoms with Gasteiger partial charge in [0.15, 0.2) is 0 Å². The molecule has 0 spiro atoms. The smallest absolute Gasteiger partial charge is 0.267 e. The number of pyridine rings is 1. The van der Waals surface area contributed by atoms with E-state index >= 15 is 0 Å². The summed E-state index contributed by atoms with van der Waals surface area (Å²) < 4.78 is 8.12. The van der Waals surface area contributed by atoms with Crippen molar-refractivity contribution < 1.29 is 9.53 Å². The zero-order valence-electron chi connectivity index (χ0n) is 18.6. The average molecular weight is 417 g/mol. The Morgan fingerprint density at radius 2 is 2.17 bits per heavy atom. The Hall–Kier alpha value is -1.70. The molecule has 0 aliphatic carbocycles. The molecule has 160 valence electrons. The van der Waals surface area contributed by atoms with Gasteiger partial charge in [0, 0.05) is 33.5 Å². The minimum atomic E-state index is -1.12. The number of piperidine rings is 1. The molecule has 0 radical (unpaired) electrons. The first-order chi connectivity index (χ1) is 13.7. The Morgan fingerprint density at radius 1 is 1.41 bits per heavy atom. The summed E-state index contributed by atoms with van der Waals surface area (Å²) in [5.74, 6) is 0.210. The monoisotopic (exact) mass is 416 g/mol. The van der Waals surface area contributed by atoms with Gasteiger partial charge in [-0.05, 0) is 56.0 Å². The molecule has 2 N–H and O–H groups in total. The second-order valence-electron chi connectivity index (χ2n) is 9.75. The highest BCUT2D eigenvalue weighted by molar-refractivity contribution is 6.76. The second kappa shape index (κ2) is 8.98. The lowest BCUT2D eigenvalue weighted by Gasteiger charge is -2.36. The van der Waals surface area contributed by atoms with Crippen molar-refractivity contribution in [2.24, 2.45) is 11.7 Å². The van der Waals surface area contributed by atoms with Crippen LogP contribution < -0.4 is 5.73 Å². The maximum absolute atomic E-state index is 11.9. The van der Waals surface area contributed by atoms with Crippen molar-refractivity contribution in [2.75, 3.05) is 19.7 Å². The van der Waals surface area contributed by atoms with E-state index in [2.05, 4.69) is 47.9 Å². The van der Waals surface area contributed by atoms with Crippen LogP contribution in [0.15, 0.2) is 18.3 Å². The summed E-state index contributed by atoms with van der Waals surface area (Å²) in [6.45, 7) is 15.0. The molecule has 6 nitrogen and oxygen atoms in total. The van der Waals surface area contributed by atoms with Crippen molar-refractivity contribution >= 4 is 25.0 Å². The van der Waals surface area contributed by atoms with E-state index in [4.69, 9.17) is 10.5 Å². The number of fused-ring (bicyclic) bond motifs is 1. The molecule has 3 heterocycles. The molecule has 1 unspecified atom stereocenters. The molecule has 0 saturated carbocycles. The van der Waals surface area contributed by atoms with Gasteiger partial charge in [-0.15, -0.1) is 0 Å². The molecule has 2 aromatic heterocycles. The van der Waals surface area contributed by atoms with Crippen LogP contribution in [-0.2, 0) is 11.5 Å². The highest BCUT2D eigenvalue weighted by Gasteiger charge is 2.25. The maximum Gasteiger partial charge on any atom is 0.267 e. The summed E-state index contributed by atoms with van der Waals surface area (Å²) in [4.78, 5) is 18.9. The van der Waals surface area contributed by atoms with E-state index in [1.54, 1.807) is 0 Å². The summed E-state index contributed by atoms with van der Waals surface area (Å²) in [7, 11) is -1.12. The van der Waals surface area contributed by atoms with Crippen molar-refractivity contribution in [3.05, 3.63) is 29.6 Å². The number of likely N-dealkylation sites (tertiary alicyclic amines) is 1. The Balaban J connectivity index is 1.90. The third-order valence-electron chi connectivity index (χ3n) is 5.91. The SMILES string of the molecule is CC(c1cc(C(N)=O)nc2ccn(COCC[Si](C)(C)C)c12)N1CCC[C@H](C)C1. The van der Waals surface area contributed by atoms with Crippen LogP contribution in [0.1, 0.15) is 48.8 Å². The molecule has 2 aromatic rings. The number of carbonyl (C=O) groups excluding carboxylic acids is 1. The summed E-state index contributed by atoms with van der Waals surface area (Å²) in [6.07, 6.45) is 4.50. The summed E-state index contributed by atoms with van der Waals surface area (Å²) in [6, 6.07) is 5.17. The zero-order valence-corrected chi connectivity index (χ0v) is 19.6. The van der Waals surface area contributed by atoms with Gasteiger partial charge in [0.25, 0.3) is 5.91 Å². The molecule has 3 rings (SSSR count). The number of hydrogen-bond donors (Lipinski definition) is 1. The highest BCUT2D eigenvalue weighted by atomic mass is 28.3. The molecule has 1 aliphatic heterocycles. The van der Waals surface area contributed by atoms with E-state index in [-0.39, 0.29) is 6.04 Å². The third kappa shape index (κ3) is 5.47. The Morgan fingerprint density at radius 3 is 2.83 bits per heavy atom. The van der Waals surface area contributed by atoms with Crippen molar-refractivity contribution in [1.82, 2.24) is 14.5 Å². The van der Waals surface area contributed by atoms with Crippen LogP contribution in [0.4, 0.5) is 0 Å². The standard InChI is InChI=1S/C22H36N4O2Si/c1-16-7-6-9-25(14-16)17(2)18-13-20(22(23)27)24-19-8-10-26(21(18)19)15-28-11-12-29(3,4)5/h8,10,13,16-17H,6-7,9,11-12,14-15H2,1-5H3,(H2,23,27)/t16-,17?/m0/s1. The van der Waals surface area contributed by atoms with E-state index in [1.807, 2.05) is 18.3 Å². The fraction of sp³-hybridized carbons (Fsp3) is 0.636. The molecular weight excluding hydrogens is 380 g/mol. The van der Waals surface area contributed by atoms with Crippen LogP contribution in [0.25, 0.3) is 11.0 Å². The van der Waals surface area contributed by atoms with Gasteiger partial charge in [-0.1, -0.05) is 26.6 Å². The molecule has 7 heteroatoms. The van der Waals surface area contributed by atoms with Crippen LogP contribution in [0.3, 0.4) is 0 Å². The van der Waals surface area contributed by atoms with E-state index in [9.17, 15) is 4.79 Å². The quantitative estimate of drug-likeness (QED) is 0.516. The Bertz CT molecular complexity index is 858. The molecule has 1 fully saturated rings. The van der Waals surface area contributed by atoms with Crippen LogP contribution in [0.2, 0.25) is 25.7 Å². The van der Waals surface area contributed by atoms with Crippen LogP contribution in [-0.4, -0.2) is 48.1 Å². The fourth-order valence-electron chi connectivity index (χ4n) is 4.11. The predicted octanol–water partition coefficient (Wildman–Crippen LogP) is 4.24. The van der Waals surface area contributed by atoms with Gasteiger partial charge in [0.05, 0.1) is 11.0 Å². The van der Waals surface area contributed by atoms with E-state index in [0.717, 1.165) is 42.3 Å². The minimum Gasteiger partial charge on any atom is -0.364 e. The molecule has 0 aromatic carbocycles. The van der Waals surface area contributed by atoms with E-state index < -0.39 is 14.0 Å². The van der Waals surface area contributed by atoms with Gasteiger partial charge in [-0.25, -0.2) is 4.98 Å². The van der Waals surface area contributed by atoms with Crippen molar-refractivity contribution in [1.29, 1.82) is 0 Å². The Labute approximate surface area is 175 Å². The van der Waals surface area contributed by atoms with Gasteiger partial charge in [-0.3, -0.25) is 9.69 Å². The van der Waals surface area contributed by atoms with Crippen LogP contribution in [0.5, 0.6) is 0 Å². The van der Waals surface area contributed by atoms with Crippen molar-refractivity contribution in [3.8, 4) is 0 Å². The van der Waals surface area contributed by atoms with Crippen LogP contribution in [0, 0.1) is 5.92 Å². The van der Waals surface area contributed by atoms with E-state index in [0.29, 0.717) is 18.3 Å². The van der Waals surface area contributed by atoms with Gasteiger partial charge < -0.3 is 15.0 Å². The number of rotatable bonds is 8. The molecule has 0 bridgehead atoms. The summed E-state index contributed by atoms with van der Waals surface area (Å²) in [5.41, 5.74) is 8.88. The zero-order chi connectivity index (χ0) is 21.2. The molecule has 1 aliphatic rings.